The van der Waals surface area contributed by atoms with E-state index in [1.165, 1.54) is 38.5 Å². The molecule has 2 saturated carbocycles. The Hall–Kier alpha value is -0.330. The Bertz CT molecular complexity index is 185. The standard InChI is InChI=1S/C11H18O/c1-8(12)10-7-6-9-4-2-3-5-11(9)10/h9-11H,2-7H2,1H3/t9-,10+,11+/m0/s1. The average Bonchev–Trinajstić information content (AvgIpc) is 2.47. The predicted octanol–water partition coefficient (Wildman–Crippen LogP) is 2.79. The fourth-order valence-electron chi connectivity index (χ4n) is 3.24. The minimum absolute atomic E-state index is 0.440. The van der Waals surface area contributed by atoms with E-state index in [2.05, 4.69) is 0 Å². The fraction of sp³-hybridized carbons (Fsp3) is 0.909. The van der Waals surface area contributed by atoms with E-state index in [0.717, 1.165) is 11.8 Å². The van der Waals surface area contributed by atoms with Crippen LogP contribution in [0.3, 0.4) is 0 Å². The molecule has 0 aromatic heterocycles. The topological polar surface area (TPSA) is 17.1 Å². The second-order valence-corrected chi connectivity index (χ2v) is 4.50. The highest BCUT2D eigenvalue weighted by atomic mass is 16.1. The van der Waals surface area contributed by atoms with E-state index in [4.69, 9.17) is 0 Å². The summed E-state index contributed by atoms with van der Waals surface area (Å²) in [6.07, 6.45) is 8.01. The lowest BCUT2D eigenvalue weighted by Crippen LogP contribution is -2.23. The van der Waals surface area contributed by atoms with Crippen LogP contribution in [0.2, 0.25) is 0 Å². The van der Waals surface area contributed by atoms with Gasteiger partial charge in [-0.1, -0.05) is 19.3 Å². The van der Waals surface area contributed by atoms with Crippen molar-refractivity contribution >= 4 is 5.78 Å². The molecule has 2 fully saturated rings. The van der Waals surface area contributed by atoms with Crippen LogP contribution in [-0.2, 0) is 4.79 Å². The molecule has 12 heavy (non-hydrogen) atoms. The summed E-state index contributed by atoms with van der Waals surface area (Å²) in [6, 6.07) is 0. The Morgan fingerprint density at radius 3 is 2.58 bits per heavy atom. The summed E-state index contributed by atoms with van der Waals surface area (Å²) in [7, 11) is 0. The number of hydrogen-bond acceptors (Lipinski definition) is 1. The highest BCUT2D eigenvalue weighted by Crippen LogP contribution is 2.45. The first kappa shape index (κ1) is 8.28. The molecule has 0 unspecified atom stereocenters. The Balaban J connectivity index is 2.05. The van der Waals surface area contributed by atoms with Crippen LogP contribution in [-0.4, -0.2) is 5.78 Å². The van der Waals surface area contributed by atoms with Gasteiger partial charge in [0.25, 0.3) is 0 Å². The summed E-state index contributed by atoms with van der Waals surface area (Å²) >= 11 is 0. The van der Waals surface area contributed by atoms with Crippen LogP contribution < -0.4 is 0 Å². The van der Waals surface area contributed by atoms with E-state index in [-0.39, 0.29) is 0 Å². The van der Waals surface area contributed by atoms with Gasteiger partial charge in [0.15, 0.2) is 0 Å². The van der Waals surface area contributed by atoms with Gasteiger partial charge < -0.3 is 0 Å². The lowest BCUT2D eigenvalue weighted by Gasteiger charge is -2.27. The average molecular weight is 166 g/mol. The summed E-state index contributed by atoms with van der Waals surface area (Å²) in [5, 5.41) is 0. The Kier molecular flexibility index (Phi) is 2.20. The second-order valence-electron chi connectivity index (χ2n) is 4.50. The molecule has 0 N–H and O–H groups in total. The van der Waals surface area contributed by atoms with Gasteiger partial charge >= 0.3 is 0 Å². The number of fused-ring (bicyclic) bond motifs is 1. The number of ketones is 1. The van der Waals surface area contributed by atoms with Crippen LogP contribution >= 0.6 is 0 Å². The third-order valence-electron chi connectivity index (χ3n) is 3.86. The Labute approximate surface area is 74.5 Å². The van der Waals surface area contributed by atoms with E-state index < -0.39 is 0 Å². The van der Waals surface area contributed by atoms with E-state index in [1.807, 2.05) is 0 Å². The van der Waals surface area contributed by atoms with Crippen molar-refractivity contribution < 1.29 is 4.79 Å². The van der Waals surface area contributed by atoms with Gasteiger partial charge in [-0.15, -0.1) is 0 Å². The summed E-state index contributed by atoms with van der Waals surface area (Å²) in [5.74, 6) is 2.57. The fourth-order valence-corrected chi connectivity index (χ4v) is 3.24. The SMILES string of the molecule is CC(=O)[C@H]1CC[C@@H]2CCCC[C@H]21. The van der Waals surface area contributed by atoms with E-state index in [9.17, 15) is 4.79 Å². The summed E-state index contributed by atoms with van der Waals surface area (Å²) < 4.78 is 0. The third kappa shape index (κ3) is 1.30. The zero-order valence-corrected chi connectivity index (χ0v) is 7.88. The molecule has 0 spiro atoms. The van der Waals surface area contributed by atoms with E-state index in [1.54, 1.807) is 6.92 Å². The van der Waals surface area contributed by atoms with Gasteiger partial charge in [0, 0.05) is 5.92 Å². The maximum absolute atomic E-state index is 11.3. The molecule has 0 bridgehead atoms. The van der Waals surface area contributed by atoms with Crippen molar-refractivity contribution in [2.24, 2.45) is 17.8 Å². The molecular formula is C11H18O. The molecule has 0 aliphatic heterocycles. The highest BCUT2D eigenvalue weighted by Gasteiger charge is 2.39. The van der Waals surface area contributed by atoms with Crippen molar-refractivity contribution in [2.75, 3.05) is 0 Å². The molecule has 0 aromatic carbocycles. The molecule has 2 aliphatic carbocycles. The van der Waals surface area contributed by atoms with Crippen LogP contribution in [0.1, 0.15) is 45.4 Å². The van der Waals surface area contributed by atoms with Gasteiger partial charge in [-0.2, -0.15) is 0 Å². The molecule has 2 aliphatic rings. The quantitative estimate of drug-likeness (QED) is 0.585. The monoisotopic (exact) mass is 166 g/mol. The molecule has 2 rings (SSSR count). The van der Waals surface area contributed by atoms with Crippen molar-refractivity contribution in [1.82, 2.24) is 0 Å². The second kappa shape index (κ2) is 3.20. The molecule has 0 aromatic rings. The first-order chi connectivity index (χ1) is 5.79. The highest BCUT2D eigenvalue weighted by molar-refractivity contribution is 5.78. The normalized spacial score (nSPS) is 40.9. The minimum Gasteiger partial charge on any atom is -0.300 e. The van der Waals surface area contributed by atoms with Gasteiger partial charge in [-0.25, -0.2) is 0 Å². The first-order valence-electron chi connectivity index (χ1n) is 5.29. The van der Waals surface area contributed by atoms with Crippen molar-refractivity contribution in [3.63, 3.8) is 0 Å². The van der Waals surface area contributed by atoms with Gasteiger partial charge in [0.2, 0.25) is 0 Å². The van der Waals surface area contributed by atoms with Crippen molar-refractivity contribution in [3.8, 4) is 0 Å². The molecule has 68 valence electrons. The van der Waals surface area contributed by atoms with Crippen LogP contribution in [0.25, 0.3) is 0 Å². The molecular weight excluding hydrogens is 148 g/mol. The van der Waals surface area contributed by atoms with Crippen molar-refractivity contribution in [3.05, 3.63) is 0 Å². The largest absolute Gasteiger partial charge is 0.300 e. The number of rotatable bonds is 1. The van der Waals surface area contributed by atoms with Crippen LogP contribution in [0.15, 0.2) is 0 Å². The van der Waals surface area contributed by atoms with Crippen LogP contribution in [0.4, 0.5) is 0 Å². The maximum Gasteiger partial charge on any atom is 0.133 e. The zero-order chi connectivity index (χ0) is 8.55. The van der Waals surface area contributed by atoms with Crippen molar-refractivity contribution in [2.45, 2.75) is 45.4 Å². The smallest absolute Gasteiger partial charge is 0.133 e. The minimum atomic E-state index is 0.440. The Morgan fingerprint density at radius 2 is 1.83 bits per heavy atom. The van der Waals surface area contributed by atoms with Gasteiger partial charge in [0.1, 0.15) is 5.78 Å². The maximum atomic E-state index is 11.3. The van der Waals surface area contributed by atoms with Gasteiger partial charge in [-0.3, -0.25) is 4.79 Å². The lowest BCUT2D eigenvalue weighted by atomic mass is 9.77. The molecule has 1 heteroatoms. The number of carbonyl (C=O) groups is 1. The molecule has 3 atom stereocenters. The summed E-state index contributed by atoms with van der Waals surface area (Å²) in [6.45, 7) is 1.78. The first-order valence-corrected chi connectivity index (χ1v) is 5.29. The number of carbonyl (C=O) groups excluding carboxylic acids is 1. The molecule has 1 nitrogen and oxygen atoms in total. The summed E-state index contributed by atoms with van der Waals surface area (Å²) in [5.41, 5.74) is 0. The molecule has 0 heterocycles. The predicted molar refractivity (Wildman–Crippen MR) is 48.9 cm³/mol. The number of hydrogen-bond donors (Lipinski definition) is 0. The molecule has 0 amide bonds. The third-order valence-corrected chi connectivity index (χ3v) is 3.86. The summed E-state index contributed by atoms with van der Waals surface area (Å²) in [4.78, 5) is 11.3. The van der Waals surface area contributed by atoms with E-state index >= 15 is 0 Å². The van der Waals surface area contributed by atoms with Crippen molar-refractivity contribution in [1.29, 1.82) is 0 Å². The molecule has 0 radical (unpaired) electrons. The van der Waals surface area contributed by atoms with E-state index in [0.29, 0.717) is 11.7 Å². The van der Waals surface area contributed by atoms with Gasteiger partial charge in [0.05, 0.1) is 0 Å². The lowest BCUT2D eigenvalue weighted by molar-refractivity contribution is -0.122. The zero-order valence-electron chi connectivity index (χ0n) is 7.88. The van der Waals surface area contributed by atoms with Crippen LogP contribution in [0.5, 0.6) is 0 Å². The Morgan fingerprint density at radius 1 is 1.08 bits per heavy atom. The van der Waals surface area contributed by atoms with Crippen LogP contribution in [0, 0.1) is 17.8 Å². The van der Waals surface area contributed by atoms with Gasteiger partial charge in [-0.05, 0) is 38.0 Å². The molecule has 0 saturated heterocycles. The number of Topliss-reactive ketones (excluding diaryl/α,β-unsaturated/α-hetero) is 1.